The molecule has 0 aliphatic heterocycles. The fraction of sp³-hybridized carbons (Fsp3) is 0.154. The standard InChI is InChI=1S/C26H18F2N2S5/c1-11-9-18(32-14(11)4)19-10-12(2)26(34-19)17-8-7-16(33-17)21-23(28)22(27)20(15-6-5-13(3)31-15)24-25(21)30-35-29-24/h5-10H,1-4H3. The molecule has 0 amide bonds. The normalized spacial score (nSPS) is 11.7. The van der Waals surface area contributed by atoms with E-state index in [0.29, 0.717) is 20.8 Å². The maximum atomic E-state index is 15.6. The number of aryl methyl sites for hydroxylation is 4. The Kier molecular flexibility index (Phi) is 5.73. The third-order valence-electron chi connectivity index (χ3n) is 5.98. The number of fused-ring (bicyclic) bond motifs is 1. The zero-order chi connectivity index (χ0) is 24.4. The monoisotopic (exact) mass is 556 g/mol. The zero-order valence-corrected chi connectivity index (χ0v) is 23.2. The maximum absolute atomic E-state index is 15.6. The van der Waals surface area contributed by atoms with Crippen molar-refractivity contribution < 1.29 is 8.78 Å². The van der Waals surface area contributed by atoms with E-state index in [1.54, 1.807) is 22.7 Å². The van der Waals surface area contributed by atoms with Gasteiger partial charge in [0.05, 0.1) is 22.9 Å². The molecule has 6 aromatic rings. The van der Waals surface area contributed by atoms with E-state index in [-0.39, 0.29) is 11.1 Å². The molecule has 9 heteroatoms. The summed E-state index contributed by atoms with van der Waals surface area (Å²) >= 11 is 7.41. The minimum atomic E-state index is -0.868. The van der Waals surface area contributed by atoms with E-state index in [9.17, 15) is 0 Å². The Morgan fingerprint density at radius 1 is 0.600 bits per heavy atom. The van der Waals surface area contributed by atoms with E-state index in [1.807, 2.05) is 31.2 Å². The second-order valence-electron chi connectivity index (χ2n) is 8.39. The number of nitrogens with zero attached hydrogens (tertiary/aromatic N) is 2. The van der Waals surface area contributed by atoms with Gasteiger partial charge in [0.15, 0.2) is 11.6 Å². The highest BCUT2D eigenvalue weighted by atomic mass is 32.1. The van der Waals surface area contributed by atoms with Crippen LogP contribution in [0.2, 0.25) is 0 Å². The lowest BCUT2D eigenvalue weighted by Crippen LogP contribution is -1.95. The van der Waals surface area contributed by atoms with Crippen LogP contribution in [-0.4, -0.2) is 8.75 Å². The quantitative estimate of drug-likeness (QED) is 0.216. The fourth-order valence-electron chi connectivity index (χ4n) is 4.10. The van der Waals surface area contributed by atoms with Gasteiger partial charge in [-0.1, -0.05) is 0 Å². The molecule has 0 aliphatic rings. The highest BCUT2D eigenvalue weighted by Gasteiger charge is 2.27. The Morgan fingerprint density at radius 2 is 1.17 bits per heavy atom. The Balaban J connectivity index is 1.46. The van der Waals surface area contributed by atoms with Gasteiger partial charge in [0.2, 0.25) is 0 Å². The molecule has 5 heterocycles. The summed E-state index contributed by atoms with van der Waals surface area (Å²) in [6.07, 6.45) is 0. The SMILES string of the molecule is Cc1ccc(-c2c(F)c(F)c(-c3ccc(-c4sc(-c5cc(C)c(C)s5)cc4C)s3)c3nsnc23)s1. The lowest BCUT2D eigenvalue weighted by molar-refractivity contribution is 0.516. The molecule has 0 bridgehead atoms. The van der Waals surface area contributed by atoms with Crippen LogP contribution >= 0.6 is 57.1 Å². The third-order valence-corrected chi connectivity index (χ3v) is 11.4. The Bertz CT molecular complexity index is 1710. The summed E-state index contributed by atoms with van der Waals surface area (Å²) in [5.74, 6) is -1.73. The average Bonchev–Trinajstić information content (AvgIpc) is 3.63. The van der Waals surface area contributed by atoms with Crippen LogP contribution in [-0.2, 0) is 0 Å². The van der Waals surface area contributed by atoms with Crippen LogP contribution in [0.3, 0.4) is 0 Å². The number of hydrogen-bond donors (Lipinski definition) is 0. The molecule has 0 radical (unpaired) electrons. The number of thiophene rings is 4. The van der Waals surface area contributed by atoms with Crippen molar-refractivity contribution in [2.75, 3.05) is 0 Å². The molecular formula is C26H18F2N2S5. The number of hydrogen-bond acceptors (Lipinski definition) is 7. The lowest BCUT2D eigenvalue weighted by atomic mass is 10.0. The minimum Gasteiger partial charge on any atom is -0.203 e. The Morgan fingerprint density at radius 3 is 1.77 bits per heavy atom. The van der Waals surface area contributed by atoms with Gasteiger partial charge >= 0.3 is 0 Å². The third kappa shape index (κ3) is 3.81. The zero-order valence-electron chi connectivity index (χ0n) is 19.2. The van der Waals surface area contributed by atoms with Crippen LogP contribution in [0.5, 0.6) is 0 Å². The predicted octanol–water partition coefficient (Wildman–Crippen LogP) is 10.1. The fourth-order valence-corrected chi connectivity index (χ4v) is 9.07. The first-order valence-corrected chi connectivity index (χ1v) is 14.8. The summed E-state index contributed by atoms with van der Waals surface area (Å²) in [7, 11) is 0. The second-order valence-corrected chi connectivity index (χ2v) is 13.6. The first-order valence-electron chi connectivity index (χ1n) is 10.8. The summed E-state index contributed by atoms with van der Waals surface area (Å²) in [5.41, 5.74) is 3.70. The lowest BCUT2D eigenvalue weighted by Gasteiger charge is -2.08. The molecule has 176 valence electrons. The second kappa shape index (κ2) is 8.67. The molecule has 2 nitrogen and oxygen atoms in total. The summed E-state index contributed by atoms with van der Waals surface area (Å²) in [6.45, 7) is 8.32. The molecule has 5 aromatic heterocycles. The molecule has 0 saturated carbocycles. The predicted molar refractivity (Wildman–Crippen MR) is 150 cm³/mol. The van der Waals surface area contributed by atoms with Crippen molar-refractivity contribution in [3.8, 4) is 40.4 Å². The van der Waals surface area contributed by atoms with Gasteiger partial charge in [-0.25, -0.2) is 8.78 Å². The van der Waals surface area contributed by atoms with Gasteiger partial charge in [0.1, 0.15) is 11.0 Å². The molecule has 0 spiro atoms. The summed E-state index contributed by atoms with van der Waals surface area (Å²) in [6, 6.07) is 12.0. The summed E-state index contributed by atoms with van der Waals surface area (Å²) in [5, 5.41) is 0. The Hall–Kier alpha value is -2.30. The van der Waals surface area contributed by atoms with Crippen LogP contribution in [0.1, 0.15) is 20.9 Å². The summed E-state index contributed by atoms with van der Waals surface area (Å²) in [4.78, 5) is 8.35. The number of benzene rings is 1. The molecule has 0 saturated heterocycles. The van der Waals surface area contributed by atoms with E-state index in [4.69, 9.17) is 0 Å². The van der Waals surface area contributed by atoms with Crippen molar-refractivity contribution in [3.05, 3.63) is 68.9 Å². The van der Waals surface area contributed by atoms with Crippen LogP contribution in [0.25, 0.3) is 51.4 Å². The highest BCUT2D eigenvalue weighted by molar-refractivity contribution is 7.27. The van der Waals surface area contributed by atoms with Crippen molar-refractivity contribution in [2.24, 2.45) is 0 Å². The van der Waals surface area contributed by atoms with Gasteiger partial charge in [-0.05, 0) is 75.2 Å². The highest BCUT2D eigenvalue weighted by Crippen LogP contribution is 2.47. The molecule has 6 rings (SSSR count). The molecule has 0 N–H and O–H groups in total. The van der Waals surface area contributed by atoms with Gasteiger partial charge in [-0.2, -0.15) is 8.75 Å². The van der Waals surface area contributed by atoms with E-state index in [2.05, 4.69) is 41.7 Å². The van der Waals surface area contributed by atoms with E-state index in [1.165, 1.54) is 48.4 Å². The van der Waals surface area contributed by atoms with E-state index in [0.717, 1.165) is 26.4 Å². The van der Waals surface area contributed by atoms with Gasteiger partial charge in [0, 0.05) is 39.0 Å². The van der Waals surface area contributed by atoms with Crippen LogP contribution in [0.15, 0.2) is 36.4 Å². The van der Waals surface area contributed by atoms with Crippen molar-refractivity contribution in [3.63, 3.8) is 0 Å². The summed E-state index contributed by atoms with van der Waals surface area (Å²) < 4.78 is 39.8. The minimum absolute atomic E-state index is 0.193. The molecule has 0 aliphatic carbocycles. The molecule has 0 unspecified atom stereocenters. The van der Waals surface area contributed by atoms with Crippen molar-refractivity contribution in [1.29, 1.82) is 0 Å². The van der Waals surface area contributed by atoms with Gasteiger partial charge < -0.3 is 0 Å². The van der Waals surface area contributed by atoms with Crippen molar-refractivity contribution >= 4 is 68.1 Å². The molecule has 1 aromatic carbocycles. The van der Waals surface area contributed by atoms with Gasteiger partial charge in [0.25, 0.3) is 0 Å². The van der Waals surface area contributed by atoms with Crippen LogP contribution < -0.4 is 0 Å². The van der Waals surface area contributed by atoms with E-state index < -0.39 is 11.6 Å². The maximum Gasteiger partial charge on any atom is 0.170 e. The molecule has 0 atom stereocenters. The number of halogens is 2. The van der Waals surface area contributed by atoms with Gasteiger partial charge in [-0.15, -0.1) is 45.3 Å². The van der Waals surface area contributed by atoms with E-state index >= 15 is 8.78 Å². The molecule has 0 fully saturated rings. The van der Waals surface area contributed by atoms with Crippen molar-refractivity contribution in [2.45, 2.75) is 27.7 Å². The number of aromatic nitrogens is 2. The largest absolute Gasteiger partial charge is 0.203 e. The van der Waals surface area contributed by atoms with Gasteiger partial charge in [-0.3, -0.25) is 0 Å². The molecule has 35 heavy (non-hydrogen) atoms. The first-order chi connectivity index (χ1) is 16.8. The molecular weight excluding hydrogens is 539 g/mol. The van der Waals surface area contributed by atoms with Crippen molar-refractivity contribution in [1.82, 2.24) is 8.75 Å². The average molecular weight is 557 g/mol. The first kappa shape index (κ1) is 23.1. The Labute approximate surface area is 221 Å². The number of rotatable bonds is 4. The van der Waals surface area contributed by atoms with Crippen LogP contribution in [0.4, 0.5) is 8.78 Å². The van der Waals surface area contributed by atoms with Crippen LogP contribution in [0, 0.1) is 39.3 Å². The smallest absolute Gasteiger partial charge is 0.170 e. The topological polar surface area (TPSA) is 25.8 Å².